The van der Waals surface area contributed by atoms with Crippen molar-refractivity contribution in [2.45, 2.75) is 64.9 Å². The molecule has 1 heterocycles. The molecule has 0 saturated carbocycles. The van der Waals surface area contributed by atoms with Gasteiger partial charge in [-0.25, -0.2) is 0 Å². The average Bonchev–Trinajstić information content (AvgIpc) is 2.74. The summed E-state index contributed by atoms with van der Waals surface area (Å²) in [5.41, 5.74) is 0. The molecule has 0 spiro atoms. The minimum absolute atomic E-state index is 0.148. The van der Waals surface area contributed by atoms with Crippen LogP contribution in [0.5, 0.6) is 11.5 Å². The van der Waals surface area contributed by atoms with Crippen molar-refractivity contribution < 1.29 is 14.3 Å². The number of likely N-dealkylation sites (tertiary alicyclic amines) is 1. The second-order valence-electron chi connectivity index (χ2n) is 7.29. The summed E-state index contributed by atoms with van der Waals surface area (Å²) in [7, 11) is 2.17. The summed E-state index contributed by atoms with van der Waals surface area (Å²) >= 11 is 0. The largest absolute Gasteiger partial charge is 0.490 e. The average molecular weight is 347 g/mol. The maximum atomic E-state index is 11.8. The van der Waals surface area contributed by atoms with Crippen molar-refractivity contribution in [3.63, 3.8) is 0 Å². The van der Waals surface area contributed by atoms with Gasteiger partial charge >= 0.3 is 5.97 Å². The Morgan fingerprint density at radius 2 is 1.88 bits per heavy atom. The SMILES string of the molecule is CCCCCCC(=O)Oc1ccc(OC2CCCN(C)CC2C)cc1. The molecular formula is C21H33NO3. The molecule has 0 aliphatic carbocycles. The van der Waals surface area contributed by atoms with Crippen LogP contribution in [-0.2, 0) is 4.79 Å². The number of ether oxygens (including phenoxy) is 2. The van der Waals surface area contributed by atoms with Gasteiger partial charge in [-0.05, 0) is 57.1 Å². The molecule has 140 valence electrons. The predicted octanol–water partition coefficient (Wildman–Crippen LogP) is 4.67. The Labute approximate surface area is 152 Å². The summed E-state index contributed by atoms with van der Waals surface area (Å²) in [6, 6.07) is 7.46. The van der Waals surface area contributed by atoms with Crippen LogP contribution in [0.25, 0.3) is 0 Å². The maximum Gasteiger partial charge on any atom is 0.311 e. The Balaban J connectivity index is 1.80. The van der Waals surface area contributed by atoms with Gasteiger partial charge in [-0.3, -0.25) is 4.79 Å². The third-order valence-corrected chi connectivity index (χ3v) is 4.84. The summed E-state index contributed by atoms with van der Waals surface area (Å²) in [5.74, 6) is 1.81. The number of rotatable bonds is 8. The number of carbonyl (C=O) groups is 1. The fourth-order valence-corrected chi connectivity index (χ4v) is 3.36. The first-order valence-corrected chi connectivity index (χ1v) is 9.74. The Morgan fingerprint density at radius 1 is 1.16 bits per heavy atom. The van der Waals surface area contributed by atoms with E-state index in [1.807, 2.05) is 24.3 Å². The van der Waals surface area contributed by atoms with Crippen molar-refractivity contribution in [1.82, 2.24) is 4.90 Å². The van der Waals surface area contributed by atoms with E-state index in [0.717, 1.165) is 38.1 Å². The van der Waals surface area contributed by atoms with Gasteiger partial charge < -0.3 is 14.4 Å². The molecule has 0 aromatic heterocycles. The highest BCUT2D eigenvalue weighted by Gasteiger charge is 2.23. The van der Waals surface area contributed by atoms with Crippen LogP contribution in [-0.4, -0.2) is 37.1 Å². The Kier molecular flexibility index (Phi) is 8.26. The van der Waals surface area contributed by atoms with Crippen LogP contribution < -0.4 is 9.47 Å². The zero-order chi connectivity index (χ0) is 18.1. The van der Waals surface area contributed by atoms with E-state index in [4.69, 9.17) is 9.47 Å². The Morgan fingerprint density at radius 3 is 2.60 bits per heavy atom. The topological polar surface area (TPSA) is 38.8 Å². The van der Waals surface area contributed by atoms with Crippen molar-refractivity contribution in [2.75, 3.05) is 20.1 Å². The van der Waals surface area contributed by atoms with Crippen molar-refractivity contribution >= 4 is 5.97 Å². The number of nitrogens with zero attached hydrogens (tertiary/aromatic N) is 1. The van der Waals surface area contributed by atoms with Crippen LogP contribution in [0.3, 0.4) is 0 Å². The highest BCUT2D eigenvalue weighted by atomic mass is 16.5. The predicted molar refractivity (Wildman–Crippen MR) is 101 cm³/mol. The highest BCUT2D eigenvalue weighted by molar-refractivity contribution is 5.72. The number of benzene rings is 1. The Bertz CT molecular complexity index is 514. The van der Waals surface area contributed by atoms with Gasteiger partial charge in [0.25, 0.3) is 0 Å². The van der Waals surface area contributed by atoms with Gasteiger partial charge in [0.1, 0.15) is 17.6 Å². The molecule has 4 nitrogen and oxygen atoms in total. The summed E-state index contributed by atoms with van der Waals surface area (Å²) < 4.78 is 11.6. The lowest BCUT2D eigenvalue weighted by Gasteiger charge is -2.24. The fraction of sp³-hybridized carbons (Fsp3) is 0.667. The standard InChI is InChI=1S/C21H33NO3/c1-4-5-6-7-10-21(23)25-19-13-11-18(12-14-19)24-20-9-8-15-22(3)16-17(20)2/h11-14,17,20H,4-10,15-16H2,1-3H3. The molecule has 1 aromatic carbocycles. The second-order valence-corrected chi connectivity index (χ2v) is 7.29. The fourth-order valence-electron chi connectivity index (χ4n) is 3.36. The van der Waals surface area contributed by atoms with Crippen LogP contribution in [0.2, 0.25) is 0 Å². The normalized spacial score (nSPS) is 21.6. The van der Waals surface area contributed by atoms with E-state index in [2.05, 4.69) is 25.8 Å². The molecule has 0 bridgehead atoms. The molecule has 0 amide bonds. The van der Waals surface area contributed by atoms with Crippen LogP contribution in [0, 0.1) is 5.92 Å². The van der Waals surface area contributed by atoms with E-state index in [1.165, 1.54) is 19.3 Å². The van der Waals surface area contributed by atoms with Crippen molar-refractivity contribution in [1.29, 1.82) is 0 Å². The minimum Gasteiger partial charge on any atom is -0.490 e. The molecule has 1 aliphatic rings. The summed E-state index contributed by atoms with van der Waals surface area (Å²) in [6.07, 6.45) is 7.33. The lowest BCUT2D eigenvalue weighted by Crippen LogP contribution is -2.30. The monoisotopic (exact) mass is 347 g/mol. The van der Waals surface area contributed by atoms with E-state index in [1.54, 1.807) is 0 Å². The van der Waals surface area contributed by atoms with E-state index >= 15 is 0 Å². The molecule has 4 heteroatoms. The third-order valence-electron chi connectivity index (χ3n) is 4.84. The van der Waals surface area contributed by atoms with Crippen molar-refractivity contribution in [2.24, 2.45) is 5.92 Å². The number of hydrogen-bond donors (Lipinski definition) is 0. The molecule has 2 rings (SSSR count). The molecule has 0 N–H and O–H groups in total. The molecular weight excluding hydrogens is 314 g/mol. The summed E-state index contributed by atoms with van der Waals surface area (Å²) in [4.78, 5) is 14.2. The Hall–Kier alpha value is -1.55. The van der Waals surface area contributed by atoms with Crippen molar-refractivity contribution in [3.8, 4) is 11.5 Å². The van der Waals surface area contributed by atoms with E-state index in [9.17, 15) is 4.79 Å². The molecule has 25 heavy (non-hydrogen) atoms. The quantitative estimate of drug-likeness (QED) is 0.389. The van der Waals surface area contributed by atoms with Crippen LogP contribution in [0.1, 0.15) is 58.8 Å². The zero-order valence-electron chi connectivity index (χ0n) is 16.0. The molecule has 1 saturated heterocycles. The number of esters is 1. The third kappa shape index (κ3) is 7.07. The first kappa shape index (κ1) is 19.8. The molecule has 1 aliphatic heterocycles. The minimum atomic E-state index is -0.148. The van der Waals surface area contributed by atoms with Gasteiger partial charge in [0.05, 0.1) is 0 Å². The molecule has 0 radical (unpaired) electrons. The van der Waals surface area contributed by atoms with Crippen molar-refractivity contribution in [3.05, 3.63) is 24.3 Å². The van der Waals surface area contributed by atoms with Gasteiger partial charge in [-0.2, -0.15) is 0 Å². The van der Waals surface area contributed by atoms with E-state index in [0.29, 0.717) is 18.1 Å². The van der Waals surface area contributed by atoms with Gasteiger partial charge in [-0.15, -0.1) is 0 Å². The van der Waals surface area contributed by atoms with Crippen LogP contribution >= 0.6 is 0 Å². The summed E-state index contributed by atoms with van der Waals surface area (Å²) in [6.45, 7) is 6.62. The van der Waals surface area contributed by atoms with Crippen LogP contribution in [0.15, 0.2) is 24.3 Å². The molecule has 1 fully saturated rings. The second kappa shape index (κ2) is 10.4. The lowest BCUT2D eigenvalue weighted by molar-refractivity contribution is -0.134. The van der Waals surface area contributed by atoms with Gasteiger partial charge in [-0.1, -0.05) is 33.1 Å². The zero-order valence-corrected chi connectivity index (χ0v) is 16.0. The molecule has 1 aromatic rings. The lowest BCUT2D eigenvalue weighted by atomic mass is 10.0. The maximum absolute atomic E-state index is 11.8. The smallest absolute Gasteiger partial charge is 0.311 e. The van der Waals surface area contributed by atoms with Crippen LogP contribution in [0.4, 0.5) is 0 Å². The number of unbranched alkanes of at least 4 members (excludes halogenated alkanes) is 3. The van der Waals surface area contributed by atoms with Gasteiger partial charge in [0.15, 0.2) is 0 Å². The van der Waals surface area contributed by atoms with E-state index < -0.39 is 0 Å². The number of hydrogen-bond acceptors (Lipinski definition) is 4. The first-order chi connectivity index (χ1) is 12.1. The van der Waals surface area contributed by atoms with E-state index in [-0.39, 0.29) is 12.1 Å². The molecule has 2 unspecified atom stereocenters. The number of carbonyl (C=O) groups excluding carboxylic acids is 1. The van der Waals surface area contributed by atoms with Gasteiger partial charge in [0.2, 0.25) is 0 Å². The first-order valence-electron chi connectivity index (χ1n) is 9.74. The summed E-state index contributed by atoms with van der Waals surface area (Å²) in [5, 5.41) is 0. The molecule has 2 atom stereocenters. The van der Waals surface area contributed by atoms with Gasteiger partial charge in [0, 0.05) is 18.9 Å². The highest BCUT2D eigenvalue weighted by Crippen LogP contribution is 2.24.